The van der Waals surface area contributed by atoms with Gasteiger partial charge < -0.3 is 15.4 Å². The molecule has 7 heteroatoms. The van der Waals surface area contributed by atoms with Gasteiger partial charge in [-0.05, 0) is 45.9 Å². The molecule has 6 nitrogen and oxygen atoms in total. The fourth-order valence-electron chi connectivity index (χ4n) is 1.54. The van der Waals surface area contributed by atoms with E-state index in [1.54, 1.807) is 20.9 Å². The monoisotopic (exact) mass is 317 g/mol. The summed E-state index contributed by atoms with van der Waals surface area (Å²) in [6, 6.07) is -0.422. The van der Waals surface area contributed by atoms with Crippen LogP contribution in [0.5, 0.6) is 0 Å². The van der Waals surface area contributed by atoms with E-state index in [2.05, 4.69) is 28.4 Å². The number of amidine groups is 1. The summed E-state index contributed by atoms with van der Waals surface area (Å²) < 4.78 is 0. The van der Waals surface area contributed by atoms with Crippen LogP contribution in [0.3, 0.4) is 0 Å². The molecular formula is C14H29N4O2S-. The molecule has 0 saturated carbocycles. The second-order valence-corrected chi connectivity index (χ2v) is 5.87. The average molecular weight is 317 g/mol. The van der Waals surface area contributed by atoms with Crippen LogP contribution < -0.4 is 15.8 Å². The lowest BCUT2D eigenvalue weighted by atomic mass is 10.0. The highest BCUT2D eigenvalue weighted by Crippen LogP contribution is 2.10. The summed E-state index contributed by atoms with van der Waals surface area (Å²) in [5.41, 5.74) is 1.82. The van der Waals surface area contributed by atoms with Gasteiger partial charge in [0.05, 0.1) is 6.02 Å². The Hall–Kier alpha value is -0.790. The molecule has 0 radical (unpaired) electrons. The molecule has 0 unspecified atom stereocenters. The van der Waals surface area contributed by atoms with E-state index < -0.39 is 11.6 Å². The van der Waals surface area contributed by atoms with Crippen molar-refractivity contribution in [3.05, 3.63) is 0 Å². The zero-order chi connectivity index (χ0) is 16.3. The standard InChI is InChI=1S/C14H30N4O2S/c1-12(19)14(2,3)17-13(20)18(15-4)10-9-16-8-6-5-7-11-21/h15-16,21H,5-11H2,1-4H3,(H,17,20)/p-1. The maximum absolute atomic E-state index is 12.0. The normalized spacial score (nSPS) is 12.5. The van der Waals surface area contributed by atoms with Crippen LogP contribution in [0.2, 0.25) is 0 Å². The van der Waals surface area contributed by atoms with Crippen LogP contribution in [0.15, 0.2) is 4.99 Å². The third kappa shape index (κ3) is 8.95. The number of aliphatic imine (C=N–C) groups is 1. The molecule has 0 amide bonds. The van der Waals surface area contributed by atoms with Crippen LogP contribution in [0, 0.1) is 0 Å². The topological polar surface area (TPSA) is 79.8 Å². The van der Waals surface area contributed by atoms with E-state index in [9.17, 15) is 9.90 Å². The number of hydrogen-bond donors (Lipinski definition) is 3. The van der Waals surface area contributed by atoms with E-state index in [0.717, 1.165) is 31.6 Å². The number of unbranched alkanes of at least 4 members (excludes halogenated alkanes) is 2. The number of hydrazine groups is 1. The molecule has 0 heterocycles. The molecule has 0 fully saturated rings. The first-order valence-corrected chi connectivity index (χ1v) is 8.02. The fraction of sp³-hybridized carbons (Fsp3) is 0.857. The molecule has 0 aliphatic carbocycles. The van der Waals surface area contributed by atoms with Gasteiger partial charge in [-0.1, -0.05) is 6.42 Å². The van der Waals surface area contributed by atoms with Crippen molar-refractivity contribution in [3.63, 3.8) is 0 Å². The number of rotatable bonds is 11. The lowest BCUT2D eigenvalue weighted by Crippen LogP contribution is -2.51. The Kier molecular flexibility index (Phi) is 10.5. The largest absolute Gasteiger partial charge is 0.845 e. The van der Waals surface area contributed by atoms with E-state index in [0.29, 0.717) is 13.1 Å². The number of nitrogens with zero attached hydrogens (tertiary/aromatic N) is 2. The Morgan fingerprint density at radius 1 is 1.29 bits per heavy atom. The van der Waals surface area contributed by atoms with Crippen LogP contribution in [0.25, 0.3) is 0 Å². The summed E-state index contributed by atoms with van der Waals surface area (Å²) in [6.07, 6.45) is 3.40. The van der Waals surface area contributed by atoms with Crippen LogP contribution >= 0.6 is 12.6 Å². The second-order valence-electron chi connectivity index (χ2n) is 5.42. The predicted octanol–water partition coefficient (Wildman–Crippen LogP) is 0.196. The van der Waals surface area contributed by atoms with Gasteiger partial charge in [-0.25, -0.2) is 5.43 Å². The maximum Gasteiger partial charge on any atom is 0.156 e. The highest BCUT2D eigenvalue weighted by molar-refractivity contribution is 7.80. The number of carbonyl (C=O) groups excluding carboxylic acids is 1. The first-order valence-electron chi connectivity index (χ1n) is 7.39. The number of carbonyl (C=O) groups is 1. The highest BCUT2D eigenvalue weighted by Gasteiger charge is 2.22. The Labute approximate surface area is 133 Å². The predicted molar refractivity (Wildman–Crippen MR) is 88.5 cm³/mol. The van der Waals surface area contributed by atoms with Crippen molar-refractivity contribution in [2.45, 2.75) is 45.6 Å². The van der Waals surface area contributed by atoms with Crippen molar-refractivity contribution in [3.8, 4) is 0 Å². The molecule has 21 heavy (non-hydrogen) atoms. The van der Waals surface area contributed by atoms with Crippen molar-refractivity contribution in [1.82, 2.24) is 15.8 Å². The van der Waals surface area contributed by atoms with E-state index >= 15 is 0 Å². The summed E-state index contributed by atoms with van der Waals surface area (Å²) in [7, 11) is 1.67. The van der Waals surface area contributed by atoms with Gasteiger partial charge in [-0.2, -0.15) is 12.6 Å². The summed E-state index contributed by atoms with van der Waals surface area (Å²) >= 11 is 4.17. The smallest absolute Gasteiger partial charge is 0.156 e. The van der Waals surface area contributed by atoms with Crippen LogP contribution in [0.4, 0.5) is 0 Å². The van der Waals surface area contributed by atoms with Gasteiger partial charge in [0.2, 0.25) is 0 Å². The SMILES string of the molecule is CNN(CCNCCCCCS)C([O-])=NC(C)(C)C(C)=O. The highest BCUT2D eigenvalue weighted by atomic mass is 32.1. The molecule has 0 aliphatic heterocycles. The summed E-state index contributed by atoms with van der Waals surface area (Å²) in [4.78, 5) is 15.4. The maximum atomic E-state index is 12.0. The molecule has 0 aliphatic rings. The first-order chi connectivity index (χ1) is 9.85. The van der Waals surface area contributed by atoms with E-state index in [-0.39, 0.29) is 5.78 Å². The van der Waals surface area contributed by atoms with Gasteiger partial charge in [0.1, 0.15) is 5.54 Å². The fourth-order valence-corrected chi connectivity index (χ4v) is 1.76. The van der Waals surface area contributed by atoms with Gasteiger partial charge in [0, 0.05) is 20.1 Å². The number of hydrogen-bond acceptors (Lipinski definition) is 6. The molecule has 0 spiro atoms. The van der Waals surface area contributed by atoms with Crippen LogP contribution in [-0.2, 0) is 4.79 Å². The molecule has 0 aromatic rings. The van der Waals surface area contributed by atoms with E-state index in [1.807, 2.05) is 0 Å². The van der Waals surface area contributed by atoms with E-state index in [1.165, 1.54) is 11.9 Å². The molecule has 0 rings (SSSR count). The Bertz CT molecular complexity index is 335. The zero-order valence-corrected chi connectivity index (χ0v) is 14.5. The summed E-state index contributed by atoms with van der Waals surface area (Å²) in [5.74, 6) is 0.796. The van der Waals surface area contributed by atoms with Crippen LogP contribution in [-0.4, -0.2) is 54.8 Å². The molecule has 0 atom stereocenters. The van der Waals surface area contributed by atoms with Gasteiger partial charge >= 0.3 is 0 Å². The quantitative estimate of drug-likeness (QED) is 0.167. The second kappa shape index (κ2) is 10.9. The van der Waals surface area contributed by atoms with Crippen molar-refractivity contribution < 1.29 is 9.90 Å². The minimum atomic E-state index is -0.980. The molecule has 2 N–H and O–H groups in total. The number of Topliss-reactive ketones (excluding diaryl/α,β-unsaturated/α-hetero) is 1. The van der Waals surface area contributed by atoms with Crippen molar-refractivity contribution in [2.75, 3.05) is 32.4 Å². The molecule has 0 aromatic carbocycles. The summed E-state index contributed by atoms with van der Waals surface area (Å²) in [6.45, 7) is 6.83. The van der Waals surface area contributed by atoms with Gasteiger partial charge in [-0.15, -0.1) is 0 Å². The molecule has 0 saturated heterocycles. The molecule has 0 aromatic heterocycles. The third-order valence-corrected chi connectivity index (χ3v) is 3.58. The van der Waals surface area contributed by atoms with Crippen molar-refractivity contribution in [2.24, 2.45) is 4.99 Å². The number of thiol groups is 1. The Balaban J connectivity index is 4.15. The Morgan fingerprint density at radius 3 is 2.48 bits per heavy atom. The lowest BCUT2D eigenvalue weighted by molar-refractivity contribution is -0.239. The van der Waals surface area contributed by atoms with E-state index in [4.69, 9.17) is 0 Å². The Morgan fingerprint density at radius 2 is 1.95 bits per heavy atom. The average Bonchev–Trinajstić information content (AvgIpc) is 2.41. The molecule has 124 valence electrons. The molecule has 0 bridgehead atoms. The lowest BCUT2D eigenvalue weighted by Gasteiger charge is -2.31. The van der Waals surface area contributed by atoms with Gasteiger partial charge in [0.25, 0.3) is 0 Å². The minimum absolute atomic E-state index is 0.130. The van der Waals surface area contributed by atoms with Crippen molar-refractivity contribution in [1.29, 1.82) is 0 Å². The first kappa shape index (κ1) is 20.2. The number of nitrogens with one attached hydrogen (secondary N) is 2. The summed E-state index contributed by atoms with van der Waals surface area (Å²) in [5, 5.41) is 16.7. The zero-order valence-electron chi connectivity index (χ0n) is 13.6. The number of ketones is 1. The van der Waals surface area contributed by atoms with Gasteiger partial charge in [0.15, 0.2) is 5.78 Å². The minimum Gasteiger partial charge on any atom is -0.845 e. The van der Waals surface area contributed by atoms with Gasteiger partial charge in [-0.3, -0.25) is 9.79 Å². The van der Waals surface area contributed by atoms with Crippen LogP contribution in [0.1, 0.15) is 40.0 Å². The third-order valence-electron chi connectivity index (χ3n) is 3.26. The van der Waals surface area contributed by atoms with Crippen molar-refractivity contribution >= 4 is 24.4 Å². The molecular weight excluding hydrogens is 288 g/mol.